The molecule has 1 heterocycles. The van der Waals surface area contributed by atoms with Crippen LogP contribution in [0, 0.1) is 0 Å². The highest BCUT2D eigenvalue weighted by molar-refractivity contribution is 7.09. The van der Waals surface area contributed by atoms with Crippen molar-refractivity contribution in [2.75, 3.05) is 0 Å². The van der Waals surface area contributed by atoms with Crippen molar-refractivity contribution in [3.8, 4) is 0 Å². The molecule has 0 radical (unpaired) electrons. The van der Waals surface area contributed by atoms with Gasteiger partial charge < -0.3 is 0 Å². The van der Waals surface area contributed by atoms with Gasteiger partial charge in [-0.05, 0) is 24.3 Å². The molecule has 2 nitrogen and oxygen atoms in total. The molecule has 0 aromatic carbocycles. The van der Waals surface area contributed by atoms with Crippen LogP contribution in [0.15, 0.2) is 17.5 Å². The molecule has 1 atom stereocenters. The van der Waals surface area contributed by atoms with Gasteiger partial charge in [-0.1, -0.05) is 6.07 Å². The lowest BCUT2D eigenvalue weighted by atomic mass is 10.1. The van der Waals surface area contributed by atoms with Gasteiger partial charge in [-0.25, -0.2) is 0 Å². The molecule has 3 N–H and O–H groups in total. The summed E-state index contributed by atoms with van der Waals surface area (Å²) in [6, 6.07) is 3.09. The first-order chi connectivity index (χ1) is 7.01. The number of hydrogen-bond acceptors (Lipinski definition) is 3. The van der Waals surface area contributed by atoms with E-state index in [0.29, 0.717) is 12.8 Å². The zero-order valence-electron chi connectivity index (χ0n) is 8.05. The molecule has 1 unspecified atom stereocenters. The predicted molar refractivity (Wildman–Crippen MR) is 54.4 cm³/mol. The Morgan fingerprint density at radius 1 is 1.47 bits per heavy atom. The van der Waals surface area contributed by atoms with Crippen LogP contribution in [-0.4, -0.2) is 12.2 Å². The van der Waals surface area contributed by atoms with E-state index in [1.807, 2.05) is 17.5 Å². The van der Waals surface area contributed by atoms with Crippen LogP contribution in [0.4, 0.5) is 13.2 Å². The zero-order valence-corrected chi connectivity index (χ0v) is 8.87. The summed E-state index contributed by atoms with van der Waals surface area (Å²) in [6.45, 7) is 0. The Morgan fingerprint density at radius 3 is 2.67 bits per heavy atom. The van der Waals surface area contributed by atoms with Crippen LogP contribution < -0.4 is 11.3 Å². The van der Waals surface area contributed by atoms with Gasteiger partial charge in [-0.3, -0.25) is 11.3 Å². The summed E-state index contributed by atoms with van der Waals surface area (Å²) in [5.41, 5.74) is 2.21. The molecule has 86 valence electrons. The van der Waals surface area contributed by atoms with Crippen molar-refractivity contribution in [1.82, 2.24) is 5.43 Å². The Balaban J connectivity index is 2.34. The second kappa shape index (κ2) is 5.48. The Morgan fingerprint density at radius 2 is 2.20 bits per heavy atom. The molecule has 6 heteroatoms. The Kier molecular flexibility index (Phi) is 4.56. The normalized spacial score (nSPS) is 14.1. The van der Waals surface area contributed by atoms with E-state index >= 15 is 0 Å². The third kappa shape index (κ3) is 5.15. The summed E-state index contributed by atoms with van der Waals surface area (Å²) in [7, 11) is 0. The SMILES string of the molecule is NNC(CCc1cccs1)CC(F)(F)F. The lowest BCUT2D eigenvalue weighted by molar-refractivity contribution is -0.140. The summed E-state index contributed by atoms with van der Waals surface area (Å²) in [4.78, 5) is 1.08. The minimum absolute atomic E-state index is 0.399. The molecular weight excluding hydrogens is 225 g/mol. The molecule has 1 aromatic heterocycles. The van der Waals surface area contributed by atoms with E-state index < -0.39 is 18.6 Å². The highest BCUT2D eigenvalue weighted by Crippen LogP contribution is 2.23. The largest absolute Gasteiger partial charge is 0.390 e. The number of nitrogens with two attached hydrogens (primary N) is 1. The molecule has 0 saturated heterocycles. The van der Waals surface area contributed by atoms with E-state index in [2.05, 4.69) is 5.43 Å². The number of aryl methyl sites for hydroxylation is 1. The first-order valence-electron chi connectivity index (χ1n) is 4.56. The van der Waals surface area contributed by atoms with Crippen molar-refractivity contribution >= 4 is 11.3 Å². The van der Waals surface area contributed by atoms with Crippen LogP contribution in [0.2, 0.25) is 0 Å². The van der Waals surface area contributed by atoms with Gasteiger partial charge in [0.25, 0.3) is 0 Å². The smallest absolute Gasteiger partial charge is 0.271 e. The van der Waals surface area contributed by atoms with Crippen molar-refractivity contribution in [2.24, 2.45) is 5.84 Å². The van der Waals surface area contributed by atoms with Crippen LogP contribution in [0.5, 0.6) is 0 Å². The van der Waals surface area contributed by atoms with Gasteiger partial charge in [0.05, 0.1) is 6.42 Å². The van der Waals surface area contributed by atoms with Crippen LogP contribution in [0.1, 0.15) is 17.7 Å². The van der Waals surface area contributed by atoms with Gasteiger partial charge in [-0.15, -0.1) is 11.3 Å². The Bertz CT molecular complexity index is 271. The highest BCUT2D eigenvalue weighted by atomic mass is 32.1. The quantitative estimate of drug-likeness (QED) is 0.611. The Hall–Kier alpha value is -0.590. The first kappa shape index (κ1) is 12.5. The lowest BCUT2D eigenvalue weighted by Crippen LogP contribution is -2.38. The number of rotatable bonds is 5. The lowest BCUT2D eigenvalue weighted by Gasteiger charge is -2.17. The molecule has 0 aliphatic heterocycles. The maximum absolute atomic E-state index is 12.1. The maximum Gasteiger partial charge on any atom is 0.390 e. The van der Waals surface area contributed by atoms with E-state index in [9.17, 15) is 13.2 Å². The van der Waals surface area contributed by atoms with Gasteiger partial charge >= 0.3 is 6.18 Å². The number of alkyl halides is 3. The highest BCUT2D eigenvalue weighted by Gasteiger charge is 2.31. The standard InChI is InChI=1S/C9H13F3N2S/c10-9(11,12)6-7(14-13)3-4-8-2-1-5-15-8/h1-2,5,7,14H,3-4,6,13H2. The molecule has 1 rings (SSSR count). The van der Waals surface area contributed by atoms with Crippen molar-refractivity contribution in [1.29, 1.82) is 0 Å². The first-order valence-corrected chi connectivity index (χ1v) is 5.44. The van der Waals surface area contributed by atoms with Crippen molar-refractivity contribution < 1.29 is 13.2 Å². The molecule has 0 amide bonds. The van der Waals surface area contributed by atoms with Crippen molar-refractivity contribution in [3.63, 3.8) is 0 Å². The summed E-state index contributed by atoms with van der Waals surface area (Å²) in [5, 5.41) is 1.91. The van der Waals surface area contributed by atoms with Gasteiger partial charge in [0.2, 0.25) is 0 Å². The second-order valence-corrected chi connectivity index (χ2v) is 4.33. The average Bonchev–Trinajstić information content (AvgIpc) is 2.62. The zero-order chi connectivity index (χ0) is 11.3. The third-order valence-corrected chi connectivity index (χ3v) is 2.97. The fraction of sp³-hybridized carbons (Fsp3) is 0.556. The minimum Gasteiger partial charge on any atom is -0.271 e. The molecule has 0 saturated carbocycles. The van der Waals surface area contributed by atoms with E-state index in [1.54, 1.807) is 11.3 Å². The molecule has 0 bridgehead atoms. The summed E-state index contributed by atoms with van der Waals surface area (Å²) in [6.07, 6.45) is -4.01. The fourth-order valence-electron chi connectivity index (χ4n) is 1.30. The monoisotopic (exact) mass is 238 g/mol. The third-order valence-electron chi connectivity index (χ3n) is 2.03. The minimum atomic E-state index is -4.16. The molecule has 0 spiro atoms. The molecule has 0 fully saturated rings. The van der Waals surface area contributed by atoms with E-state index in [1.165, 1.54) is 0 Å². The van der Waals surface area contributed by atoms with Gasteiger partial charge in [0.1, 0.15) is 0 Å². The van der Waals surface area contributed by atoms with Crippen molar-refractivity contribution in [2.45, 2.75) is 31.5 Å². The van der Waals surface area contributed by atoms with Crippen LogP contribution in [0.25, 0.3) is 0 Å². The van der Waals surface area contributed by atoms with E-state index in [-0.39, 0.29) is 0 Å². The maximum atomic E-state index is 12.1. The molecule has 0 aliphatic rings. The number of nitrogens with one attached hydrogen (secondary N) is 1. The average molecular weight is 238 g/mol. The van der Waals surface area contributed by atoms with Gasteiger partial charge in [0, 0.05) is 10.9 Å². The number of hydrogen-bond donors (Lipinski definition) is 2. The summed E-state index contributed by atoms with van der Waals surface area (Å²) < 4.78 is 36.2. The topological polar surface area (TPSA) is 38.0 Å². The second-order valence-electron chi connectivity index (χ2n) is 3.30. The van der Waals surface area contributed by atoms with Gasteiger partial charge in [0.15, 0.2) is 0 Å². The van der Waals surface area contributed by atoms with Crippen LogP contribution in [-0.2, 0) is 6.42 Å². The van der Waals surface area contributed by atoms with E-state index in [4.69, 9.17) is 5.84 Å². The van der Waals surface area contributed by atoms with E-state index in [0.717, 1.165) is 4.88 Å². The van der Waals surface area contributed by atoms with Crippen molar-refractivity contribution in [3.05, 3.63) is 22.4 Å². The summed E-state index contributed by atoms with van der Waals surface area (Å²) in [5.74, 6) is 5.07. The molecule has 0 aliphatic carbocycles. The van der Waals surface area contributed by atoms with Crippen LogP contribution >= 0.6 is 11.3 Å². The molecule has 1 aromatic rings. The molecule has 15 heavy (non-hydrogen) atoms. The predicted octanol–water partition coefficient (Wildman–Crippen LogP) is 2.46. The number of hydrazine groups is 1. The van der Waals surface area contributed by atoms with Gasteiger partial charge in [-0.2, -0.15) is 13.2 Å². The fourth-order valence-corrected chi connectivity index (χ4v) is 2.02. The summed E-state index contributed by atoms with van der Waals surface area (Å²) >= 11 is 1.54. The number of thiophene rings is 1. The van der Waals surface area contributed by atoms with Crippen LogP contribution in [0.3, 0.4) is 0 Å². The molecular formula is C9H13F3N2S. The number of halogens is 3. The Labute approximate surface area is 90.3 Å².